The number of allylic oxidation sites excluding steroid dienone is 1. The van der Waals surface area contributed by atoms with Crippen LogP contribution in [0.3, 0.4) is 0 Å². The Bertz CT molecular complexity index is 444. The van der Waals surface area contributed by atoms with Gasteiger partial charge in [-0.1, -0.05) is 37.4 Å². The number of benzene rings is 1. The molecule has 19 heavy (non-hydrogen) atoms. The molecule has 0 aliphatic rings. The van der Waals surface area contributed by atoms with E-state index in [4.69, 9.17) is 4.74 Å². The van der Waals surface area contributed by atoms with Crippen LogP contribution in [0.15, 0.2) is 41.5 Å². The topological polar surface area (TPSA) is 33.6 Å². The van der Waals surface area contributed by atoms with Gasteiger partial charge in [0.15, 0.2) is 5.17 Å². The molecule has 0 fully saturated rings. The summed E-state index contributed by atoms with van der Waals surface area (Å²) in [5, 5.41) is 4.19. The second-order valence-corrected chi connectivity index (χ2v) is 4.94. The summed E-state index contributed by atoms with van der Waals surface area (Å²) in [6.45, 7) is 7.02. The maximum Gasteiger partial charge on any atom is 0.160 e. The third kappa shape index (κ3) is 5.83. The molecule has 0 unspecified atom stereocenters. The Morgan fingerprint density at radius 1 is 1.47 bits per heavy atom. The third-order valence-electron chi connectivity index (χ3n) is 2.51. The summed E-state index contributed by atoms with van der Waals surface area (Å²) in [5.74, 6) is 0.870. The first-order valence-electron chi connectivity index (χ1n) is 6.35. The van der Waals surface area contributed by atoms with Gasteiger partial charge in [-0.05, 0) is 30.4 Å². The summed E-state index contributed by atoms with van der Waals surface area (Å²) < 4.78 is 5.21. The molecule has 4 heteroatoms. The number of aliphatic imine (C=N–C) groups is 1. The van der Waals surface area contributed by atoms with Crippen LogP contribution in [0.5, 0.6) is 5.75 Å². The van der Waals surface area contributed by atoms with Gasteiger partial charge in [0.05, 0.1) is 7.11 Å². The molecule has 1 rings (SSSR count). The van der Waals surface area contributed by atoms with Crippen molar-refractivity contribution < 1.29 is 4.74 Å². The molecule has 104 valence electrons. The van der Waals surface area contributed by atoms with E-state index in [-0.39, 0.29) is 0 Å². The minimum absolute atomic E-state index is 0.767. The Kier molecular flexibility index (Phi) is 7.11. The molecule has 1 aromatic carbocycles. The fourth-order valence-electron chi connectivity index (χ4n) is 1.59. The van der Waals surface area contributed by atoms with Crippen molar-refractivity contribution in [3.05, 3.63) is 42.1 Å². The first-order valence-corrected chi connectivity index (χ1v) is 7.58. The first kappa shape index (κ1) is 15.6. The van der Waals surface area contributed by atoms with E-state index < -0.39 is 0 Å². The van der Waals surface area contributed by atoms with Crippen LogP contribution in [0.25, 0.3) is 0 Å². The van der Waals surface area contributed by atoms with E-state index in [0.29, 0.717) is 0 Å². The maximum absolute atomic E-state index is 5.21. The highest BCUT2D eigenvalue weighted by Gasteiger charge is 2.02. The van der Waals surface area contributed by atoms with E-state index in [9.17, 15) is 0 Å². The Hall–Kier alpha value is -1.42. The molecule has 0 saturated heterocycles. The van der Waals surface area contributed by atoms with Crippen LogP contribution in [0.2, 0.25) is 0 Å². The highest BCUT2D eigenvalue weighted by Crippen LogP contribution is 2.14. The lowest BCUT2D eigenvalue weighted by atomic mass is 10.1. The molecule has 0 heterocycles. The fraction of sp³-hybridized carbons (Fsp3) is 0.400. The van der Waals surface area contributed by atoms with Crippen molar-refractivity contribution in [2.24, 2.45) is 4.99 Å². The van der Waals surface area contributed by atoms with E-state index in [2.05, 4.69) is 29.9 Å². The number of thioether (sulfide) groups is 1. The van der Waals surface area contributed by atoms with Crippen LogP contribution in [-0.4, -0.2) is 25.1 Å². The van der Waals surface area contributed by atoms with Crippen molar-refractivity contribution in [3.8, 4) is 5.75 Å². The summed E-state index contributed by atoms with van der Waals surface area (Å²) in [6.07, 6.45) is 3.83. The van der Waals surface area contributed by atoms with Crippen molar-refractivity contribution in [3.63, 3.8) is 0 Å². The smallest absolute Gasteiger partial charge is 0.160 e. The van der Waals surface area contributed by atoms with Crippen LogP contribution in [0.1, 0.15) is 18.9 Å². The van der Waals surface area contributed by atoms with E-state index in [0.717, 1.165) is 36.0 Å². The monoisotopic (exact) mass is 278 g/mol. The van der Waals surface area contributed by atoms with Crippen molar-refractivity contribution >= 4 is 16.9 Å². The molecule has 0 aromatic heterocycles. The lowest BCUT2D eigenvalue weighted by Crippen LogP contribution is -2.20. The second-order valence-electron chi connectivity index (χ2n) is 4.15. The molecule has 0 spiro atoms. The van der Waals surface area contributed by atoms with Gasteiger partial charge >= 0.3 is 0 Å². The Labute approximate surface area is 120 Å². The summed E-state index contributed by atoms with van der Waals surface area (Å²) in [4.78, 5) is 4.46. The van der Waals surface area contributed by atoms with Crippen LogP contribution in [0.4, 0.5) is 0 Å². The SMILES string of the molecule is C=C(Cc1cccc(OC)c1)NC(=NCCC)SC. The predicted octanol–water partition coefficient (Wildman–Crippen LogP) is 3.47. The molecule has 1 N–H and O–H groups in total. The molecular formula is C15H22N2OS. The Balaban J connectivity index is 2.58. The van der Waals surface area contributed by atoms with Gasteiger partial charge in [0.25, 0.3) is 0 Å². The zero-order chi connectivity index (χ0) is 14.1. The zero-order valence-corrected chi connectivity index (χ0v) is 12.7. The van der Waals surface area contributed by atoms with Gasteiger partial charge in [0.1, 0.15) is 5.75 Å². The molecule has 0 saturated carbocycles. The molecular weight excluding hydrogens is 256 g/mol. The van der Waals surface area contributed by atoms with Crippen LogP contribution in [0, 0.1) is 0 Å². The Morgan fingerprint density at radius 2 is 2.26 bits per heavy atom. The highest BCUT2D eigenvalue weighted by atomic mass is 32.2. The average Bonchev–Trinajstić information content (AvgIpc) is 2.43. The van der Waals surface area contributed by atoms with Crippen molar-refractivity contribution in [2.75, 3.05) is 19.9 Å². The molecule has 0 aliphatic carbocycles. The van der Waals surface area contributed by atoms with Gasteiger partial charge in [-0.15, -0.1) is 0 Å². The van der Waals surface area contributed by atoms with Gasteiger partial charge in [-0.3, -0.25) is 4.99 Å². The van der Waals surface area contributed by atoms with E-state index in [1.165, 1.54) is 5.56 Å². The van der Waals surface area contributed by atoms with Gasteiger partial charge in [-0.25, -0.2) is 0 Å². The minimum Gasteiger partial charge on any atom is -0.497 e. The predicted molar refractivity (Wildman–Crippen MR) is 85.1 cm³/mol. The van der Waals surface area contributed by atoms with Crippen LogP contribution < -0.4 is 10.1 Å². The Morgan fingerprint density at radius 3 is 2.89 bits per heavy atom. The summed E-state index contributed by atoms with van der Waals surface area (Å²) in [5.41, 5.74) is 2.12. The number of rotatable bonds is 6. The fourth-order valence-corrected chi connectivity index (χ4v) is 2.06. The maximum atomic E-state index is 5.21. The third-order valence-corrected chi connectivity index (χ3v) is 3.13. The summed E-state index contributed by atoms with van der Waals surface area (Å²) in [7, 11) is 1.68. The molecule has 0 amide bonds. The molecule has 0 aliphatic heterocycles. The van der Waals surface area contributed by atoms with E-state index in [1.807, 2.05) is 24.5 Å². The lowest BCUT2D eigenvalue weighted by Gasteiger charge is -2.11. The number of nitrogens with one attached hydrogen (secondary N) is 1. The highest BCUT2D eigenvalue weighted by molar-refractivity contribution is 8.13. The molecule has 3 nitrogen and oxygen atoms in total. The number of amidine groups is 1. The number of hydrogen-bond donors (Lipinski definition) is 1. The number of methoxy groups -OCH3 is 1. The van der Waals surface area contributed by atoms with Crippen molar-refractivity contribution in [2.45, 2.75) is 19.8 Å². The number of nitrogens with zero attached hydrogens (tertiary/aromatic N) is 1. The van der Waals surface area contributed by atoms with Gasteiger partial charge in [-0.2, -0.15) is 0 Å². The van der Waals surface area contributed by atoms with Gasteiger partial charge in [0, 0.05) is 18.7 Å². The quantitative estimate of drug-likeness (QED) is 0.639. The second kappa shape index (κ2) is 8.64. The lowest BCUT2D eigenvalue weighted by molar-refractivity contribution is 0.414. The van der Waals surface area contributed by atoms with Crippen molar-refractivity contribution in [1.29, 1.82) is 0 Å². The minimum atomic E-state index is 0.767. The number of hydrogen-bond acceptors (Lipinski definition) is 3. The number of ether oxygens (including phenoxy) is 1. The van der Waals surface area contributed by atoms with Gasteiger partial charge in [0.2, 0.25) is 0 Å². The van der Waals surface area contributed by atoms with E-state index in [1.54, 1.807) is 18.9 Å². The van der Waals surface area contributed by atoms with Crippen LogP contribution >= 0.6 is 11.8 Å². The molecule has 0 bridgehead atoms. The average molecular weight is 278 g/mol. The first-order chi connectivity index (χ1) is 9.19. The van der Waals surface area contributed by atoms with Gasteiger partial charge < -0.3 is 10.1 Å². The zero-order valence-electron chi connectivity index (χ0n) is 11.9. The summed E-state index contributed by atoms with van der Waals surface area (Å²) in [6, 6.07) is 8.02. The molecule has 1 aromatic rings. The van der Waals surface area contributed by atoms with E-state index >= 15 is 0 Å². The standard InChI is InChI=1S/C15H22N2OS/c1-5-9-16-15(19-4)17-12(2)10-13-7-6-8-14(11-13)18-3/h6-8,11H,2,5,9-10H2,1,3-4H3,(H,16,17). The summed E-state index contributed by atoms with van der Waals surface area (Å²) >= 11 is 1.61. The normalized spacial score (nSPS) is 11.2. The molecule has 0 atom stereocenters. The largest absolute Gasteiger partial charge is 0.497 e. The van der Waals surface area contributed by atoms with Crippen molar-refractivity contribution in [1.82, 2.24) is 5.32 Å². The van der Waals surface area contributed by atoms with Crippen LogP contribution in [-0.2, 0) is 6.42 Å². The molecule has 0 radical (unpaired) electrons.